The van der Waals surface area contributed by atoms with Crippen molar-refractivity contribution in [2.45, 2.75) is 12.5 Å². The molecule has 1 aliphatic rings. The summed E-state index contributed by atoms with van der Waals surface area (Å²) < 4.78 is 32.2. The quantitative estimate of drug-likeness (QED) is 0.832. The van der Waals surface area contributed by atoms with Crippen molar-refractivity contribution in [2.24, 2.45) is 0 Å². The molecule has 1 fully saturated rings. The van der Waals surface area contributed by atoms with E-state index in [9.17, 15) is 13.6 Å². The van der Waals surface area contributed by atoms with E-state index in [-0.39, 0.29) is 22.7 Å². The van der Waals surface area contributed by atoms with Gasteiger partial charge in [-0.1, -0.05) is 0 Å². The van der Waals surface area contributed by atoms with Crippen LogP contribution >= 0.6 is 15.9 Å². The molecule has 0 bridgehead atoms. The third kappa shape index (κ3) is 3.95. The number of anilines is 1. The van der Waals surface area contributed by atoms with Gasteiger partial charge < -0.3 is 15.4 Å². The van der Waals surface area contributed by atoms with Crippen LogP contribution in [0, 0.1) is 11.6 Å². The van der Waals surface area contributed by atoms with Gasteiger partial charge in [-0.05, 0) is 22.0 Å². The number of halogens is 3. The minimum atomic E-state index is -0.690. The first kappa shape index (κ1) is 14.4. The van der Waals surface area contributed by atoms with Gasteiger partial charge in [0.05, 0.1) is 29.3 Å². The van der Waals surface area contributed by atoms with Gasteiger partial charge in [-0.3, -0.25) is 4.79 Å². The van der Waals surface area contributed by atoms with Crippen LogP contribution in [0.4, 0.5) is 14.5 Å². The summed E-state index contributed by atoms with van der Waals surface area (Å²) in [5.41, 5.74) is -0.172. The average molecular weight is 335 g/mol. The van der Waals surface area contributed by atoms with Crippen molar-refractivity contribution in [1.29, 1.82) is 0 Å². The largest absolute Gasteiger partial charge is 0.375 e. The number of carbonyl (C=O) groups is 1. The number of benzene rings is 1. The minimum Gasteiger partial charge on any atom is -0.375 e. The third-order valence-electron chi connectivity index (χ3n) is 2.70. The number of hydrogen-bond donors (Lipinski definition) is 2. The van der Waals surface area contributed by atoms with Crippen LogP contribution in [-0.4, -0.2) is 31.7 Å². The number of morpholine rings is 1. The molecule has 1 unspecified atom stereocenters. The summed E-state index contributed by atoms with van der Waals surface area (Å²) in [6, 6.07) is 1.92. The fourth-order valence-electron chi connectivity index (χ4n) is 1.78. The number of amides is 1. The topological polar surface area (TPSA) is 50.4 Å². The molecule has 0 spiro atoms. The van der Waals surface area contributed by atoms with Crippen molar-refractivity contribution in [2.75, 3.05) is 25.0 Å². The van der Waals surface area contributed by atoms with Crippen LogP contribution in [0.5, 0.6) is 0 Å². The maximum atomic E-state index is 13.5. The van der Waals surface area contributed by atoms with Crippen LogP contribution in [-0.2, 0) is 9.53 Å². The average Bonchev–Trinajstić information content (AvgIpc) is 2.37. The van der Waals surface area contributed by atoms with Crippen molar-refractivity contribution in [3.05, 3.63) is 28.2 Å². The van der Waals surface area contributed by atoms with Crippen LogP contribution in [0.15, 0.2) is 16.6 Å². The second-order valence-electron chi connectivity index (χ2n) is 4.20. The smallest absolute Gasteiger partial charge is 0.227 e. The molecule has 0 aliphatic carbocycles. The van der Waals surface area contributed by atoms with Gasteiger partial charge in [-0.25, -0.2) is 8.78 Å². The molecule has 1 amide bonds. The molecule has 1 heterocycles. The fourth-order valence-corrected chi connectivity index (χ4v) is 2.09. The van der Waals surface area contributed by atoms with E-state index in [1.165, 1.54) is 0 Å². The minimum absolute atomic E-state index is 0.0165. The van der Waals surface area contributed by atoms with Crippen molar-refractivity contribution in [3.63, 3.8) is 0 Å². The molecule has 4 nitrogen and oxygen atoms in total. The molecule has 0 radical (unpaired) electrons. The van der Waals surface area contributed by atoms with E-state index in [0.717, 1.165) is 18.7 Å². The van der Waals surface area contributed by atoms with Crippen molar-refractivity contribution in [3.8, 4) is 0 Å². The van der Waals surface area contributed by atoms with Crippen LogP contribution in [0.1, 0.15) is 6.42 Å². The van der Waals surface area contributed by atoms with E-state index in [4.69, 9.17) is 4.74 Å². The molecule has 1 saturated heterocycles. The monoisotopic (exact) mass is 334 g/mol. The Bertz CT molecular complexity index is 479. The van der Waals surface area contributed by atoms with Gasteiger partial charge in [0, 0.05) is 19.2 Å². The van der Waals surface area contributed by atoms with E-state index < -0.39 is 17.5 Å². The Morgan fingerprint density at radius 1 is 1.47 bits per heavy atom. The van der Waals surface area contributed by atoms with Gasteiger partial charge in [0.2, 0.25) is 5.91 Å². The Kier molecular flexibility index (Phi) is 4.84. The number of hydrogen-bond acceptors (Lipinski definition) is 3. The normalized spacial score (nSPS) is 19.2. The summed E-state index contributed by atoms with van der Waals surface area (Å²) in [4.78, 5) is 11.7. The summed E-state index contributed by atoms with van der Waals surface area (Å²) in [6.07, 6.45) is -0.137. The summed E-state index contributed by atoms with van der Waals surface area (Å²) in [7, 11) is 0. The van der Waals surface area contributed by atoms with Gasteiger partial charge in [-0.2, -0.15) is 0 Å². The molecule has 1 aromatic carbocycles. The zero-order valence-electron chi connectivity index (χ0n) is 10.0. The molecule has 2 N–H and O–H groups in total. The number of rotatable bonds is 3. The van der Waals surface area contributed by atoms with Gasteiger partial charge in [0.25, 0.3) is 0 Å². The summed E-state index contributed by atoms with van der Waals surface area (Å²) in [5.74, 6) is -1.73. The third-order valence-corrected chi connectivity index (χ3v) is 3.31. The molecule has 1 atom stereocenters. The number of carbonyl (C=O) groups excluding carboxylic acids is 1. The molecule has 19 heavy (non-hydrogen) atoms. The molecular weight excluding hydrogens is 322 g/mol. The summed E-state index contributed by atoms with van der Waals surface area (Å²) in [5, 5.41) is 5.43. The molecule has 0 saturated carbocycles. The van der Waals surface area contributed by atoms with Crippen molar-refractivity contribution >= 4 is 27.5 Å². The van der Waals surface area contributed by atoms with Crippen molar-refractivity contribution < 1.29 is 18.3 Å². The van der Waals surface area contributed by atoms with Gasteiger partial charge in [0.15, 0.2) is 0 Å². The van der Waals surface area contributed by atoms with Crippen LogP contribution in [0.25, 0.3) is 0 Å². The van der Waals surface area contributed by atoms with Crippen molar-refractivity contribution in [1.82, 2.24) is 5.32 Å². The molecule has 0 aromatic heterocycles. The lowest BCUT2D eigenvalue weighted by Crippen LogP contribution is -2.40. The number of ether oxygens (including phenoxy) is 1. The molecule has 104 valence electrons. The Hall–Kier alpha value is -1.05. The highest BCUT2D eigenvalue weighted by atomic mass is 79.9. The standard InChI is InChI=1S/C12H13BrF2N2O2/c13-8-4-10(15)11(5-9(8)14)17-12(18)3-7-6-16-1-2-19-7/h4-5,7,16H,1-3,6H2,(H,17,18). The first-order valence-electron chi connectivity index (χ1n) is 5.83. The molecule has 1 aromatic rings. The van der Waals surface area contributed by atoms with Crippen LogP contribution < -0.4 is 10.6 Å². The molecule has 1 aliphatic heterocycles. The Labute approximate surface area is 117 Å². The second kappa shape index (κ2) is 6.40. The first-order valence-corrected chi connectivity index (χ1v) is 6.62. The summed E-state index contributed by atoms with van der Waals surface area (Å²) >= 11 is 2.87. The lowest BCUT2D eigenvalue weighted by molar-refractivity contribution is -0.119. The first-order chi connectivity index (χ1) is 9.06. The molecular formula is C12H13BrF2N2O2. The van der Waals surface area contributed by atoms with Crippen LogP contribution in [0.2, 0.25) is 0 Å². The Morgan fingerprint density at radius 2 is 2.26 bits per heavy atom. The van der Waals surface area contributed by atoms with E-state index in [0.29, 0.717) is 13.2 Å². The van der Waals surface area contributed by atoms with Crippen LogP contribution in [0.3, 0.4) is 0 Å². The van der Waals surface area contributed by atoms with Gasteiger partial charge in [-0.15, -0.1) is 0 Å². The van der Waals surface area contributed by atoms with E-state index in [1.807, 2.05) is 0 Å². The Morgan fingerprint density at radius 3 is 2.95 bits per heavy atom. The van der Waals surface area contributed by atoms with Gasteiger partial charge >= 0.3 is 0 Å². The maximum Gasteiger partial charge on any atom is 0.227 e. The highest BCUT2D eigenvalue weighted by Gasteiger charge is 2.18. The highest BCUT2D eigenvalue weighted by Crippen LogP contribution is 2.23. The predicted octanol–water partition coefficient (Wildman–Crippen LogP) is 2.04. The fraction of sp³-hybridized carbons (Fsp3) is 0.417. The molecule has 2 rings (SSSR count). The SMILES string of the molecule is O=C(CC1CNCCO1)Nc1cc(F)c(Br)cc1F. The second-order valence-corrected chi connectivity index (χ2v) is 5.05. The maximum absolute atomic E-state index is 13.5. The summed E-state index contributed by atoms with van der Waals surface area (Å²) in [6.45, 7) is 1.87. The van der Waals surface area contributed by atoms with Gasteiger partial charge in [0.1, 0.15) is 11.6 Å². The highest BCUT2D eigenvalue weighted by molar-refractivity contribution is 9.10. The number of nitrogens with one attached hydrogen (secondary N) is 2. The zero-order chi connectivity index (χ0) is 13.8. The van der Waals surface area contributed by atoms with E-state index >= 15 is 0 Å². The lowest BCUT2D eigenvalue weighted by atomic mass is 10.2. The zero-order valence-corrected chi connectivity index (χ0v) is 11.6. The van der Waals surface area contributed by atoms with E-state index in [1.54, 1.807) is 0 Å². The van der Waals surface area contributed by atoms with E-state index in [2.05, 4.69) is 26.6 Å². The Balaban J connectivity index is 1.96. The predicted molar refractivity (Wildman–Crippen MR) is 69.9 cm³/mol. The molecule has 7 heteroatoms. The lowest BCUT2D eigenvalue weighted by Gasteiger charge is -2.23.